The second-order valence-electron chi connectivity index (χ2n) is 10.2. The summed E-state index contributed by atoms with van der Waals surface area (Å²) in [4.78, 5) is 0. The van der Waals surface area contributed by atoms with Gasteiger partial charge in [-0.2, -0.15) is 0 Å². The second kappa shape index (κ2) is 13.4. The van der Waals surface area contributed by atoms with Gasteiger partial charge in [0.1, 0.15) is 18.3 Å². The van der Waals surface area contributed by atoms with Crippen LogP contribution in [0.2, 0.25) is 0 Å². The Morgan fingerprint density at radius 1 is 0.771 bits per heavy atom. The molecule has 1 fully saturated rings. The van der Waals surface area contributed by atoms with Crippen LogP contribution in [0, 0.1) is 29.5 Å². The molecule has 0 unspecified atom stereocenters. The minimum atomic E-state index is -0.280. The summed E-state index contributed by atoms with van der Waals surface area (Å²) in [6.45, 7) is 2.29. The molecule has 0 aromatic heterocycles. The number of unbranched alkanes of at least 4 members (excludes halogenated alkanes) is 2. The van der Waals surface area contributed by atoms with Crippen LogP contribution in [-0.2, 0) is 22.3 Å². The van der Waals surface area contributed by atoms with E-state index in [1.165, 1.54) is 75.9 Å². The van der Waals surface area contributed by atoms with Gasteiger partial charge in [0.15, 0.2) is 0 Å². The molecule has 3 heteroatoms. The molecule has 0 N–H and O–H groups in total. The van der Waals surface area contributed by atoms with E-state index in [0.29, 0.717) is 18.4 Å². The third-order valence-electron chi connectivity index (χ3n) is 7.54. The maximum absolute atomic E-state index is 14.5. The highest BCUT2D eigenvalue weighted by Crippen LogP contribution is 2.34. The molecule has 0 radical (unpaired) electrons. The lowest BCUT2D eigenvalue weighted by atomic mass is 9.78. The Bertz CT molecular complexity index is 998. The summed E-state index contributed by atoms with van der Waals surface area (Å²) < 4.78 is 25.1. The molecule has 2 aliphatic rings. The van der Waals surface area contributed by atoms with Crippen LogP contribution in [0.15, 0.2) is 55.0 Å². The number of benzene rings is 2. The highest BCUT2D eigenvalue weighted by molar-refractivity contribution is 5.44. The summed E-state index contributed by atoms with van der Waals surface area (Å²) in [5.41, 5.74) is 3.65. The van der Waals surface area contributed by atoms with E-state index in [1.807, 2.05) is 6.07 Å². The van der Waals surface area contributed by atoms with Crippen molar-refractivity contribution in [2.24, 2.45) is 11.8 Å². The third-order valence-corrected chi connectivity index (χ3v) is 7.54. The minimum absolute atomic E-state index is 0.268. The van der Waals surface area contributed by atoms with Gasteiger partial charge >= 0.3 is 0 Å². The van der Waals surface area contributed by atoms with E-state index in [2.05, 4.69) is 43.0 Å². The monoisotopic (exact) mass is 474 g/mol. The Kier molecular flexibility index (Phi) is 9.70. The molecule has 0 saturated heterocycles. The average Bonchev–Trinajstić information content (AvgIpc) is 3.41. The van der Waals surface area contributed by atoms with E-state index >= 15 is 0 Å². The van der Waals surface area contributed by atoms with Crippen LogP contribution in [0.4, 0.5) is 4.39 Å². The van der Waals surface area contributed by atoms with Gasteiger partial charge in [0.05, 0.1) is 5.56 Å². The zero-order valence-corrected chi connectivity index (χ0v) is 21.1. The van der Waals surface area contributed by atoms with Crippen LogP contribution >= 0.6 is 0 Å². The van der Waals surface area contributed by atoms with Gasteiger partial charge in [-0.25, -0.2) is 4.39 Å². The Morgan fingerprint density at radius 2 is 1.43 bits per heavy atom. The minimum Gasteiger partial charge on any atom is -0.459 e. The Hall–Kier alpha value is -2.73. The molecule has 2 aromatic carbocycles. The van der Waals surface area contributed by atoms with Crippen molar-refractivity contribution in [3.05, 3.63) is 83.1 Å². The van der Waals surface area contributed by atoms with Crippen LogP contribution in [0.5, 0.6) is 0 Å². The molecule has 0 amide bonds. The first kappa shape index (κ1) is 25.4. The van der Waals surface area contributed by atoms with Crippen molar-refractivity contribution in [2.75, 3.05) is 0 Å². The summed E-state index contributed by atoms with van der Waals surface area (Å²) in [6, 6.07) is 13.7. The van der Waals surface area contributed by atoms with Gasteiger partial charge < -0.3 is 9.47 Å². The van der Waals surface area contributed by atoms with Gasteiger partial charge in [0, 0.05) is 12.0 Å². The van der Waals surface area contributed by atoms with Gasteiger partial charge in [-0.1, -0.05) is 88.3 Å². The maximum atomic E-state index is 14.5. The van der Waals surface area contributed by atoms with Crippen LogP contribution in [0.3, 0.4) is 0 Å². The van der Waals surface area contributed by atoms with Crippen molar-refractivity contribution in [1.82, 2.24) is 0 Å². The molecule has 0 spiro atoms. The number of rotatable bonds is 10. The summed E-state index contributed by atoms with van der Waals surface area (Å²) in [6.07, 6.45) is 17.9. The molecule has 1 aliphatic carbocycles. The molecular weight excluding hydrogens is 435 g/mol. The van der Waals surface area contributed by atoms with Crippen molar-refractivity contribution in [2.45, 2.75) is 90.3 Å². The fourth-order valence-electron chi connectivity index (χ4n) is 5.26. The van der Waals surface area contributed by atoms with Crippen molar-refractivity contribution in [3.8, 4) is 11.8 Å². The van der Waals surface area contributed by atoms with Crippen LogP contribution in [0.1, 0.15) is 93.4 Å². The number of halogens is 1. The zero-order chi connectivity index (χ0) is 24.3. The topological polar surface area (TPSA) is 18.5 Å². The van der Waals surface area contributed by atoms with Crippen molar-refractivity contribution >= 4 is 0 Å². The van der Waals surface area contributed by atoms with Crippen molar-refractivity contribution in [3.63, 3.8) is 0 Å². The van der Waals surface area contributed by atoms with Gasteiger partial charge in [-0.3, -0.25) is 0 Å². The average molecular weight is 475 g/mol. The largest absolute Gasteiger partial charge is 0.459 e. The number of hydrogen-bond donors (Lipinski definition) is 0. The van der Waals surface area contributed by atoms with E-state index in [-0.39, 0.29) is 12.1 Å². The molecule has 186 valence electrons. The molecule has 35 heavy (non-hydrogen) atoms. The Morgan fingerprint density at radius 3 is 2.11 bits per heavy atom. The summed E-state index contributed by atoms with van der Waals surface area (Å²) >= 11 is 0. The highest BCUT2D eigenvalue weighted by Gasteiger charge is 2.20. The molecule has 0 bridgehead atoms. The number of hydrogen-bond acceptors (Lipinski definition) is 2. The normalized spacial score (nSPS) is 19.6. The first-order valence-corrected chi connectivity index (χ1v) is 13.5. The van der Waals surface area contributed by atoms with E-state index in [0.717, 1.165) is 29.4 Å². The highest BCUT2D eigenvalue weighted by atomic mass is 19.1. The van der Waals surface area contributed by atoms with Crippen molar-refractivity contribution < 1.29 is 13.9 Å². The predicted molar refractivity (Wildman–Crippen MR) is 140 cm³/mol. The van der Waals surface area contributed by atoms with E-state index < -0.39 is 0 Å². The molecule has 4 rings (SSSR count). The molecule has 2 aromatic rings. The lowest BCUT2D eigenvalue weighted by Gasteiger charge is -2.28. The predicted octanol–water partition coefficient (Wildman–Crippen LogP) is 8.32. The van der Waals surface area contributed by atoms with Crippen molar-refractivity contribution in [1.29, 1.82) is 0 Å². The molecule has 0 atom stereocenters. The first-order chi connectivity index (χ1) is 17.2. The standard InChI is InChI=1S/C32H39FO2/c1-2-3-4-5-25-6-8-26(9-7-25)10-11-27-12-14-28(15-13-27)16-19-30-20-17-29(24-31(30)33)18-21-32-34-22-23-35-32/h12-15,17,20,22-26,32H,2-11,18,21H2,1H3. The fourth-order valence-corrected chi connectivity index (χ4v) is 5.26. The quantitative estimate of drug-likeness (QED) is 0.255. The molecular formula is C32H39FO2. The molecule has 2 nitrogen and oxygen atoms in total. The lowest BCUT2D eigenvalue weighted by Crippen LogP contribution is -2.15. The summed E-state index contributed by atoms with van der Waals surface area (Å²) in [7, 11) is 0. The number of aryl methyl sites for hydroxylation is 2. The summed E-state index contributed by atoms with van der Waals surface area (Å²) in [5.74, 6) is 7.70. The smallest absolute Gasteiger partial charge is 0.240 e. The Labute approximate surface area is 210 Å². The zero-order valence-electron chi connectivity index (χ0n) is 21.1. The van der Waals surface area contributed by atoms with Crippen LogP contribution in [-0.4, -0.2) is 6.29 Å². The fraction of sp³-hybridized carbons (Fsp3) is 0.500. The number of ether oxygens (including phenoxy) is 2. The summed E-state index contributed by atoms with van der Waals surface area (Å²) in [5, 5.41) is 0. The van der Waals surface area contributed by atoms with E-state index in [9.17, 15) is 4.39 Å². The van der Waals surface area contributed by atoms with E-state index in [4.69, 9.17) is 9.47 Å². The molecule has 1 aliphatic heterocycles. The van der Waals surface area contributed by atoms with E-state index in [1.54, 1.807) is 12.1 Å². The lowest BCUT2D eigenvalue weighted by molar-refractivity contribution is -0.0275. The molecule has 1 heterocycles. The van der Waals surface area contributed by atoms with Gasteiger partial charge in [-0.15, -0.1) is 0 Å². The third kappa shape index (κ3) is 8.17. The SMILES string of the molecule is CCCCCC1CCC(CCc2ccc(C#Cc3ccc(CCC4OC=CO4)cc3F)cc2)CC1. The van der Waals surface area contributed by atoms with Gasteiger partial charge in [-0.05, 0) is 66.5 Å². The van der Waals surface area contributed by atoms with Crippen LogP contribution < -0.4 is 0 Å². The second-order valence-corrected chi connectivity index (χ2v) is 10.2. The van der Waals surface area contributed by atoms with Gasteiger partial charge in [0.2, 0.25) is 6.29 Å². The Balaban J connectivity index is 1.21. The maximum Gasteiger partial charge on any atom is 0.240 e. The van der Waals surface area contributed by atoms with Gasteiger partial charge in [0.25, 0.3) is 0 Å². The first-order valence-electron chi connectivity index (χ1n) is 13.5. The molecule has 1 saturated carbocycles. The van der Waals surface area contributed by atoms with Crippen LogP contribution in [0.25, 0.3) is 0 Å².